The van der Waals surface area contributed by atoms with Crippen molar-refractivity contribution in [2.75, 3.05) is 5.32 Å². The van der Waals surface area contributed by atoms with Crippen LogP contribution in [0.5, 0.6) is 0 Å². The van der Waals surface area contributed by atoms with Gasteiger partial charge in [0.25, 0.3) is 5.17 Å². The second kappa shape index (κ2) is 7.85. The lowest BCUT2D eigenvalue weighted by Gasteiger charge is -2.52. The van der Waals surface area contributed by atoms with Crippen molar-refractivity contribution in [3.8, 4) is 0 Å². The predicted molar refractivity (Wildman–Crippen MR) is 120 cm³/mol. The van der Waals surface area contributed by atoms with E-state index in [1.807, 2.05) is 12.1 Å². The number of benzene rings is 2. The third-order valence-corrected chi connectivity index (χ3v) is 7.10. The van der Waals surface area contributed by atoms with Crippen LogP contribution >= 0.6 is 34.8 Å². The van der Waals surface area contributed by atoms with Gasteiger partial charge in [0, 0.05) is 14.7 Å². The zero-order valence-electron chi connectivity index (χ0n) is 14.8. The molecule has 2 fully saturated rings. The fourth-order valence-corrected chi connectivity index (χ4v) is 5.08. The van der Waals surface area contributed by atoms with E-state index in [0.29, 0.717) is 16.5 Å². The minimum absolute atomic E-state index is 0.281. The maximum Gasteiger partial charge on any atom is 0.261 e. The molecule has 1 spiro atoms. The van der Waals surface area contributed by atoms with Crippen molar-refractivity contribution in [3.63, 3.8) is 0 Å². The Kier molecular flexibility index (Phi) is 5.50. The van der Waals surface area contributed by atoms with E-state index in [1.54, 1.807) is 0 Å². The molecule has 0 radical (unpaired) electrons. The molecule has 0 aliphatic heterocycles. The molecule has 2 aliphatic rings. The van der Waals surface area contributed by atoms with E-state index in [2.05, 4.69) is 70.4 Å². The summed E-state index contributed by atoms with van der Waals surface area (Å²) in [6, 6.07) is 19.2. The minimum atomic E-state index is 0.281. The molecule has 0 heterocycles. The van der Waals surface area contributed by atoms with Gasteiger partial charge in [-0.2, -0.15) is 0 Å². The lowest BCUT2D eigenvalue weighted by atomic mass is 9.56. The third-order valence-electron chi connectivity index (χ3n) is 6.18. The summed E-state index contributed by atoms with van der Waals surface area (Å²) in [5, 5.41) is 3.75. The van der Waals surface area contributed by atoms with E-state index in [9.17, 15) is 0 Å². The zero-order chi connectivity index (χ0) is 18.0. The average molecular weight is 477 g/mol. The molecule has 1 N–H and O–H groups in total. The second-order valence-corrected chi connectivity index (χ2v) is 9.23. The van der Waals surface area contributed by atoms with Crippen LogP contribution < -0.4 is 5.32 Å². The van der Waals surface area contributed by atoms with E-state index in [4.69, 9.17) is 17.0 Å². The Bertz CT molecular complexity index is 753. The molecule has 0 amide bonds. The van der Waals surface area contributed by atoms with Gasteiger partial charge in [0.05, 0.1) is 0 Å². The van der Waals surface area contributed by atoms with Gasteiger partial charge in [0.15, 0.2) is 0 Å². The molecule has 0 aromatic heterocycles. The normalized spacial score (nSPS) is 27.6. The number of hydrogen-bond acceptors (Lipinski definition) is 2. The van der Waals surface area contributed by atoms with E-state index >= 15 is 0 Å². The van der Waals surface area contributed by atoms with E-state index < -0.39 is 0 Å². The quantitative estimate of drug-likeness (QED) is 0.402. The number of hydrogen-bond donors (Lipinski definition) is 1. The Morgan fingerprint density at radius 2 is 1.62 bits per heavy atom. The van der Waals surface area contributed by atoms with Gasteiger partial charge in [0.2, 0.25) is 0 Å². The van der Waals surface area contributed by atoms with Crippen LogP contribution in [-0.4, -0.2) is 11.3 Å². The summed E-state index contributed by atoms with van der Waals surface area (Å²) in [6.07, 6.45) is 7.73. The van der Waals surface area contributed by atoms with Crippen LogP contribution in [0.3, 0.4) is 0 Å². The Balaban J connectivity index is 1.32. The van der Waals surface area contributed by atoms with Crippen LogP contribution in [0.4, 0.5) is 5.69 Å². The molecule has 0 saturated heterocycles. The molecular formula is C22H24INOS. The number of anilines is 1. The summed E-state index contributed by atoms with van der Waals surface area (Å²) in [4.78, 5) is 0. The second-order valence-electron chi connectivity index (χ2n) is 7.61. The molecular weight excluding hydrogens is 453 g/mol. The van der Waals surface area contributed by atoms with Gasteiger partial charge in [-0.25, -0.2) is 0 Å². The summed E-state index contributed by atoms with van der Waals surface area (Å²) in [5.74, 6) is 0.708. The molecule has 0 unspecified atom stereocenters. The molecule has 2 nitrogen and oxygen atoms in total. The van der Waals surface area contributed by atoms with Gasteiger partial charge < -0.3 is 10.1 Å². The summed E-state index contributed by atoms with van der Waals surface area (Å²) in [5.41, 5.74) is 2.84. The fourth-order valence-electron chi connectivity index (χ4n) is 4.49. The Hall–Kier alpha value is -1.14. The summed E-state index contributed by atoms with van der Waals surface area (Å²) in [6.45, 7) is 0. The first-order chi connectivity index (χ1) is 12.6. The first-order valence-corrected chi connectivity index (χ1v) is 10.9. The summed E-state index contributed by atoms with van der Waals surface area (Å²) >= 11 is 7.77. The average Bonchev–Trinajstić information content (AvgIpc) is 2.68. The highest BCUT2D eigenvalue weighted by molar-refractivity contribution is 14.1. The SMILES string of the molecule is S=C(Nc1ccc(I)cc1)O[C@H]1CCC12CCC(c1ccccc1)CC2. The van der Waals surface area contributed by atoms with Gasteiger partial charge in [0.1, 0.15) is 6.10 Å². The number of ether oxygens (including phenoxy) is 1. The first kappa shape index (κ1) is 18.2. The Morgan fingerprint density at radius 3 is 2.23 bits per heavy atom. The monoisotopic (exact) mass is 477 g/mol. The smallest absolute Gasteiger partial charge is 0.261 e. The topological polar surface area (TPSA) is 21.3 Å². The zero-order valence-corrected chi connectivity index (χ0v) is 17.8. The number of thiocarbonyl (C=S) groups is 1. The number of halogens is 1. The van der Waals surface area contributed by atoms with Gasteiger partial charge in [-0.05, 0) is 109 Å². The van der Waals surface area contributed by atoms with Crippen molar-refractivity contribution in [3.05, 3.63) is 63.7 Å². The van der Waals surface area contributed by atoms with Crippen LogP contribution in [0.25, 0.3) is 0 Å². The predicted octanol–water partition coefficient (Wildman–Crippen LogP) is 6.51. The van der Waals surface area contributed by atoms with Gasteiger partial charge in [-0.1, -0.05) is 30.3 Å². The maximum atomic E-state index is 6.17. The molecule has 26 heavy (non-hydrogen) atoms. The van der Waals surface area contributed by atoms with Crippen LogP contribution in [0.15, 0.2) is 54.6 Å². The van der Waals surface area contributed by atoms with Crippen molar-refractivity contribution in [2.45, 2.75) is 50.5 Å². The van der Waals surface area contributed by atoms with E-state index in [1.165, 1.54) is 41.2 Å². The molecule has 1 atom stereocenters. The fraction of sp³-hybridized carbons (Fsp3) is 0.409. The molecule has 136 valence electrons. The largest absolute Gasteiger partial charge is 0.467 e. The number of rotatable bonds is 3. The van der Waals surface area contributed by atoms with Crippen molar-refractivity contribution in [2.24, 2.45) is 5.41 Å². The van der Waals surface area contributed by atoms with Crippen LogP contribution in [-0.2, 0) is 4.74 Å². The molecule has 4 rings (SSSR count). The van der Waals surface area contributed by atoms with Gasteiger partial charge >= 0.3 is 0 Å². The van der Waals surface area contributed by atoms with Crippen LogP contribution in [0.1, 0.15) is 50.0 Å². The molecule has 2 aliphatic carbocycles. The third kappa shape index (κ3) is 3.91. The van der Waals surface area contributed by atoms with Gasteiger partial charge in [-0.15, -0.1) is 0 Å². The standard InChI is InChI=1S/C22H24INOS/c23-18-6-8-19(9-7-18)24-21(26)25-20-12-15-22(20)13-10-17(11-14-22)16-4-2-1-3-5-16/h1-9,17,20H,10-15H2,(H,24,26)/t17?,20-,22?/m0/s1. The molecule has 0 bridgehead atoms. The molecule has 2 aromatic rings. The van der Waals surface area contributed by atoms with Crippen molar-refractivity contribution in [1.82, 2.24) is 0 Å². The molecule has 2 saturated carbocycles. The van der Waals surface area contributed by atoms with Crippen molar-refractivity contribution >= 4 is 45.7 Å². The highest BCUT2D eigenvalue weighted by Gasteiger charge is 2.50. The summed E-state index contributed by atoms with van der Waals surface area (Å²) < 4.78 is 7.39. The Labute approximate surface area is 174 Å². The van der Waals surface area contributed by atoms with Crippen LogP contribution in [0.2, 0.25) is 0 Å². The van der Waals surface area contributed by atoms with Gasteiger partial charge in [-0.3, -0.25) is 0 Å². The Morgan fingerprint density at radius 1 is 0.962 bits per heavy atom. The van der Waals surface area contributed by atoms with E-state index in [0.717, 1.165) is 12.1 Å². The molecule has 2 aromatic carbocycles. The lowest BCUT2D eigenvalue weighted by molar-refractivity contribution is -0.0789. The maximum absolute atomic E-state index is 6.17. The summed E-state index contributed by atoms with van der Waals surface area (Å²) in [7, 11) is 0. The first-order valence-electron chi connectivity index (χ1n) is 9.43. The minimum Gasteiger partial charge on any atom is -0.467 e. The van der Waals surface area contributed by atoms with Crippen LogP contribution in [0, 0.1) is 8.99 Å². The highest BCUT2D eigenvalue weighted by Crippen LogP contribution is 2.55. The van der Waals surface area contributed by atoms with Crippen molar-refractivity contribution in [1.29, 1.82) is 0 Å². The lowest BCUT2D eigenvalue weighted by Crippen LogP contribution is -2.49. The number of nitrogens with one attached hydrogen (secondary N) is 1. The van der Waals surface area contributed by atoms with E-state index in [-0.39, 0.29) is 6.10 Å². The van der Waals surface area contributed by atoms with Crippen molar-refractivity contribution < 1.29 is 4.74 Å². The highest BCUT2D eigenvalue weighted by atomic mass is 127. The molecule has 4 heteroatoms.